The van der Waals surface area contributed by atoms with Crippen LogP contribution in [0.4, 0.5) is 0 Å². The number of halogens is 1. The van der Waals surface area contributed by atoms with Gasteiger partial charge >= 0.3 is 0 Å². The van der Waals surface area contributed by atoms with E-state index in [4.69, 9.17) is 14.9 Å². The summed E-state index contributed by atoms with van der Waals surface area (Å²) in [5.74, 6) is 0.729. The highest BCUT2D eigenvalue weighted by Crippen LogP contribution is 2.32. The quantitative estimate of drug-likeness (QED) is 0.847. The molecule has 0 aliphatic heterocycles. The molecule has 3 N–H and O–H groups in total. The second kappa shape index (κ2) is 8.34. The van der Waals surface area contributed by atoms with Gasteiger partial charge in [0.25, 0.3) is 0 Å². The number of fused-ring (bicyclic) bond motifs is 1. The van der Waals surface area contributed by atoms with Crippen molar-refractivity contribution in [3.63, 3.8) is 0 Å². The Morgan fingerprint density at radius 2 is 2.00 bits per heavy atom. The van der Waals surface area contributed by atoms with Crippen molar-refractivity contribution in [1.82, 2.24) is 5.32 Å². The number of nitrogens with one attached hydrogen (secondary N) is 1. The number of para-hydroxylation sites is 1. The van der Waals surface area contributed by atoms with Gasteiger partial charge in [0, 0.05) is 18.1 Å². The molecule has 1 heterocycles. The lowest BCUT2D eigenvalue weighted by molar-refractivity contribution is -0.124. The number of hydrogen-bond acceptors (Lipinski definition) is 4. The van der Waals surface area contributed by atoms with Crippen molar-refractivity contribution < 1.29 is 13.9 Å². The van der Waals surface area contributed by atoms with Crippen LogP contribution in [0.2, 0.25) is 0 Å². The van der Waals surface area contributed by atoms with E-state index in [1.807, 2.05) is 45.0 Å². The number of aryl methyl sites for hydroxylation is 1. The molecule has 0 radical (unpaired) electrons. The van der Waals surface area contributed by atoms with E-state index in [0.29, 0.717) is 0 Å². The molecule has 6 heteroatoms. The maximum absolute atomic E-state index is 12.2. The molecule has 0 spiro atoms. The molecule has 0 bridgehead atoms. The van der Waals surface area contributed by atoms with Gasteiger partial charge in [-0.25, -0.2) is 0 Å². The fourth-order valence-corrected chi connectivity index (χ4v) is 2.54. The molecule has 0 aliphatic rings. The summed E-state index contributed by atoms with van der Waals surface area (Å²) in [6.07, 6.45) is 0. The molecule has 2 rings (SSSR count). The lowest BCUT2D eigenvalue weighted by Gasteiger charge is -2.23. The SMILES string of the molecule is COCC(N)C(=O)NC(c1oc2ccccc2c1C)C(C)C.Cl. The van der Waals surface area contributed by atoms with Gasteiger partial charge in [-0.2, -0.15) is 0 Å². The summed E-state index contributed by atoms with van der Waals surface area (Å²) in [6.45, 7) is 6.28. The molecule has 128 valence electrons. The van der Waals surface area contributed by atoms with Gasteiger partial charge in [0.05, 0.1) is 12.6 Å². The number of rotatable bonds is 6. The van der Waals surface area contributed by atoms with Crippen molar-refractivity contribution in [1.29, 1.82) is 0 Å². The molecular formula is C17H25ClN2O3. The van der Waals surface area contributed by atoms with Crippen molar-refractivity contribution in [2.24, 2.45) is 11.7 Å². The van der Waals surface area contributed by atoms with Crippen LogP contribution in [0, 0.1) is 12.8 Å². The van der Waals surface area contributed by atoms with E-state index < -0.39 is 6.04 Å². The van der Waals surface area contributed by atoms with Crippen molar-refractivity contribution in [3.8, 4) is 0 Å². The van der Waals surface area contributed by atoms with E-state index in [2.05, 4.69) is 5.32 Å². The summed E-state index contributed by atoms with van der Waals surface area (Å²) in [6, 6.07) is 6.96. The van der Waals surface area contributed by atoms with Crippen LogP contribution in [0.1, 0.15) is 31.2 Å². The molecule has 1 amide bonds. The molecule has 0 fully saturated rings. The topological polar surface area (TPSA) is 77.5 Å². The van der Waals surface area contributed by atoms with E-state index in [0.717, 1.165) is 22.3 Å². The number of amides is 1. The van der Waals surface area contributed by atoms with E-state index in [-0.39, 0.29) is 36.9 Å². The van der Waals surface area contributed by atoms with Crippen molar-refractivity contribution in [2.45, 2.75) is 32.9 Å². The fourth-order valence-electron chi connectivity index (χ4n) is 2.54. The van der Waals surface area contributed by atoms with Gasteiger partial charge in [-0.3, -0.25) is 4.79 Å². The summed E-state index contributed by atoms with van der Waals surface area (Å²) in [4.78, 5) is 12.2. The van der Waals surface area contributed by atoms with Gasteiger partial charge in [0.2, 0.25) is 5.91 Å². The minimum Gasteiger partial charge on any atom is -0.459 e. The number of benzene rings is 1. The zero-order chi connectivity index (χ0) is 16.3. The van der Waals surface area contributed by atoms with Crippen LogP contribution in [0.3, 0.4) is 0 Å². The van der Waals surface area contributed by atoms with Crippen molar-refractivity contribution in [2.75, 3.05) is 13.7 Å². The lowest BCUT2D eigenvalue weighted by atomic mass is 9.98. The highest BCUT2D eigenvalue weighted by atomic mass is 35.5. The number of carbonyl (C=O) groups is 1. The smallest absolute Gasteiger partial charge is 0.239 e. The van der Waals surface area contributed by atoms with Gasteiger partial charge < -0.3 is 20.2 Å². The van der Waals surface area contributed by atoms with Gasteiger partial charge in [0.1, 0.15) is 17.4 Å². The Bertz CT molecular complexity index is 654. The molecule has 0 saturated heterocycles. The van der Waals surface area contributed by atoms with E-state index in [1.165, 1.54) is 7.11 Å². The average Bonchev–Trinajstić information content (AvgIpc) is 2.82. The van der Waals surface area contributed by atoms with Crippen LogP contribution in [0.25, 0.3) is 11.0 Å². The number of ether oxygens (including phenoxy) is 1. The first-order valence-electron chi connectivity index (χ1n) is 7.48. The van der Waals surface area contributed by atoms with Crippen LogP contribution in [0.5, 0.6) is 0 Å². The van der Waals surface area contributed by atoms with Crippen molar-refractivity contribution in [3.05, 3.63) is 35.6 Å². The third-order valence-electron chi connectivity index (χ3n) is 3.81. The highest BCUT2D eigenvalue weighted by molar-refractivity contribution is 5.85. The predicted octanol–water partition coefficient (Wildman–Crippen LogP) is 2.95. The van der Waals surface area contributed by atoms with Crippen molar-refractivity contribution >= 4 is 29.3 Å². The van der Waals surface area contributed by atoms with E-state index >= 15 is 0 Å². The molecule has 2 aromatic rings. The zero-order valence-corrected chi connectivity index (χ0v) is 14.8. The number of methoxy groups -OCH3 is 1. The number of hydrogen-bond donors (Lipinski definition) is 2. The molecular weight excluding hydrogens is 316 g/mol. The van der Waals surface area contributed by atoms with Crippen LogP contribution in [-0.4, -0.2) is 25.7 Å². The van der Waals surface area contributed by atoms with Gasteiger partial charge in [-0.15, -0.1) is 12.4 Å². The van der Waals surface area contributed by atoms with Gasteiger partial charge in [-0.05, 0) is 18.9 Å². The number of nitrogens with two attached hydrogens (primary N) is 1. The van der Waals surface area contributed by atoms with Crippen LogP contribution in [0.15, 0.2) is 28.7 Å². The third kappa shape index (κ3) is 4.25. The number of carbonyl (C=O) groups excluding carboxylic acids is 1. The van der Waals surface area contributed by atoms with Crippen LogP contribution >= 0.6 is 12.4 Å². The monoisotopic (exact) mass is 340 g/mol. The summed E-state index contributed by atoms with van der Waals surface area (Å²) >= 11 is 0. The Morgan fingerprint density at radius 3 is 2.57 bits per heavy atom. The number of furan rings is 1. The Balaban J connectivity index is 0.00000264. The standard InChI is InChI=1S/C17H24N2O3.ClH/c1-10(2)15(19-17(20)13(18)9-21-4)16-11(3)12-7-5-6-8-14(12)22-16;/h5-8,10,13,15H,9,18H2,1-4H3,(H,19,20);1H. The summed E-state index contributed by atoms with van der Waals surface area (Å²) in [5, 5.41) is 4.05. The molecule has 23 heavy (non-hydrogen) atoms. The van der Waals surface area contributed by atoms with E-state index in [9.17, 15) is 4.79 Å². The minimum atomic E-state index is -0.684. The fraction of sp³-hybridized carbons (Fsp3) is 0.471. The Morgan fingerprint density at radius 1 is 1.35 bits per heavy atom. The maximum atomic E-state index is 12.2. The molecule has 2 unspecified atom stereocenters. The normalized spacial score (nSPS) is 13.7. The molecule has 0 aliphatic carbocycles. The minimum absolute atomic E-state index is 0. The van der Waals surface area contributed by atoms with Crippen LogP contribution in [-0.2, 0) is 9.53 Å². The molecule has 5 nitrogen and oxygen atoms in total. The lowest BCUT2D eigenvalue weighted by Crippen LogP contribution is -2.45. The summed E-state index contributed by atoms with van der Waals surface area (Å²) < 4.78 is 10.9. The molecule has 2 atom stereocenters. The first kappa shape index (κ1) is 19.5. The third-order valence-corrected chi connectivity index (χ3v) is 3.81. The average molecular weight is 341 g/mol. The molecule has 1 aromatic heterocycles. The first-order chi connectivity index (χ1) is 10.5. The second-order valence-corrected chi connectivity index (χ2v) is 5.88. The maximum Gasteiger partial charge on any atom is 0.239 e. The predicted molar refractivity (Wildman–Crippen MR) is 93.8 cm³/mol. The highest BCUT2D eigenvalue weighted by Gasteiger charge is 2.26. The second-order valence-electron chi connectivity index (χ2n) is 5.88. The van der Waals surface area contributed by atoms with Crippen LogP contribution < -0.4 is 11.1 Å². The Hall–Kier alpha value is -1.56. The Kier molecular flexibility index (Phi) is 7.06. The van der Waals surface area contributed by atoms with E-state index in [1.54, 1.807) is 0 Å². The van der Waals surface area contributed by atoms with Gasteiger partial charge in [-0.1, -0.05) is 32.0 Å². The Labute approximate surface area is 143 Å². The largest absolute Gasteiger partial charge is 0.459 e. The molecule has 0 saturated carbocycles. The van der Waals surface area contributed by atoms with Gasteiger partial charge in [0.15, 0.2) is 0 Å². The first-order valence-corrected chi connectivity index (χ1v) is 7.48. The zero-order valence-electron chi connectivity index (χ0n) is 14.0. The molecule has 1 aromatic carbocycles. The summed E-state index contributed by atoms with van der Waals surface area (Å²) in [5.41, 5.74) is 7.68. The summed E-state index contributed by atoms with van der Waals surface area (Å²) in [7, 11) is 1.52.